The molecule has 2 saturated heterocycles. The van der Waals surface area contributed by atoms with Gasteiger partial charge in [-0.25, -0.2) is 4.39 Å². The molecule has 1 N–H and O–H groups in total. The molecule has 2 fully saturated rings. The third kappa shape index (κ3) is 8.80. The van der Waals surface area contributed by atoms with Crippen LogP contribution in [-0.2, 0) is 20.9 Å². The number of amides is 1. The van der Waals surface area contributed by atoms with Gasteiger partial charge in [0.05, 0.1) is 12.2 Å². The van der Waals surface area contributed by atoms with Gasteiger partial charge in [-0.3, -0.25) is 19.4 Å². The molecule has 184 valence electrons. The first-order chi connectivity index (χ1) is 15.7. The van der Waals surface area contributed by atoms with Crippen LogP contribution in [0.2, 0.25) is 0 Å². The second-order valence-electron chi connectivity index (χ2n) is 10.5. The number of ketones is 1. The second-order valence-corrected chi connectivity index (χ2v) is 10.5. The summed E-state index contributed by atoms with van der Waals surface area (Å²) in [5, 5.41) is 2.97. The highest BCUT2D eigenvalue weighted by molar-refractivity contribution is 5.84. The van der Waals surface area contributed by atoms with E-state index < -0.39 is 0 Å². The zero-order chi connectivity index (χ0) is 23.8. The van der Waals surface area contributed by atoms with Gasteiger partial charge in [-0.1, -0.05) is 32.9 Å². The van der Waals surface area contributed by atoms with Gasteiger partial charge in [0.15, 0.2) is 0 Å². The Morgan fingerprint density at radius 1 is 1.00 bits per heavy atom. The number of Topliss-reactive ketones (excluding diaryl/α,β-unsaturated/α-hetero) is 1. The fraction of sp³-hybridized carbons (Fsp3) is 0.692. The Balaban J connectivity index is 1.26. The first-order valence-corrected chi connectivity index (χ1v) is 12.3. The quantitative estimate of drug-likeness (QED) is 0.579. The van der Waals surface area contributed by atoms with Crippen LogP contribution in [0.15, 0.2) is 24.3 Å². The van der Waals surface area contributed by atoms with Crippen LogP contribution in [-0.4, -0.2) is 73.0 Å². The van der Waals surface area contributed by atoms with Gasteiger partial charge < -0.3 is 10.1 Å². The number of ether oxygens (including phenoxy) is 1. The zero-order valence-electron chi connectivity index (χ0n) is 20.4. The number of nitrogens with zero attached hydrogens (tertiary/aromatic N) is 2. The van der Waals surface area contributed by atoms with Gasteiger partial charge in [-0.15, -0.1) is 0 Å². The number of piperazine rings is 1. The molecule has 0 spiro atoms. The lowest BCUT2D eigenvalue weighted by Gasteiger charge is -2.35. The molecule has 0 saturated carbocycles. The predicted octanol–water partition coefficient (Wildman–Crippen LogP) is 3.39. The summed E-state index contributed by atoms with van der Waals surface area (Å²) >= 11 is 0. The lowest BCUT2D eigenvalue weighted by molar-refractivity contribution is -0.126. The molecule has 2 heterocycles. The summed E-state index contributed by atoms with van der Waals surface area (Å²) in [4.78, 5) is 28.9. The second kappa shape index (κ2) is 12.0. The average molecular weight is 462 g/mol. The van der Waals surface area contributed by atoms with Crippen molar-refractivity contribution in [2.75, 3.05) is 39.3 Å². The Hall–Kier alpha value is -1.83. The SMILES string of the molecule is CC(C)(C)C(=O)CCCC(=O)NCC1CCC(CN2CCN(Cc3ccc(F)cc3)CC2)O1. The third-order valence-corrected chi connectivity index (χ3v) is 6.61. The van der Waals surface area contributed by atoms with Crippen LogP contribution in [0.3, 0.4) is 0 Å². The van der Waals surface area contributed by atoms with Crippen LogP contribution >= 0.6 is 0 Å². The third-order valence-electron chi connectivity index (χ3n) is 6.61. The topological polar surface area (TPSA) is 61.9 Å². The molecule has 0 aromatic heterocycles. The summed E-state index contributed by atoms with van der Waals surface area (Å²) < 4.78 is 19.2. The highest BCUT2D eigenvalue weighted by Gasteiger charge is 2.28. The first-order valence-electron chi connectivity index (χ1n) is 12.3. The first kappa shape index (κ1) is 25.8. The minimum Gasteiger partial charge on any atom is -0.372 e. The number of halogens is 1. The summed E-state index contributed by atoms with van der Waals surface area (Å²) in [5.41, 5.74) is 0.813. The maximum Gasteiger partial charge on any atom is 0.220 e. The Morgan fingerprint density at radius 3 is 2.30 bits per heavy atom. The highest BCUT2D eigenvalue weighted by Crippen LogP contribution is 2.21. The molecule has 1 aromatic rings. The van der Waals surface area contributed by atoms with Crippen LogP contribution in [0.4, 0.5) is 4.39 Å². The van der Waals surface area contributed by atoms with Crippen molar-refractivity contribution in [3.05, 3.63) is 35.6 Å². The molecule has 0 radical (unpaired) electrons. The summed E-state index contributed by atoms with van der Waals surface area (Å²) in [5.74, 6) is 0.0141. The van der Waals surface area contributed by atoms with E-state index >= 15 is 0 Å². The van der Waals surface area contributed by atoms with Gasteiger partial charge in [-0.2, -0.15) is 0 Å². The largest absolute Gasteiger partial charge is 0.372 e. The zero-order valence-corrected chi connectivity index (χ0v) is 20.4. The van der Waals surface area contributed by atoms with E-state index in [9.17, 15) is 14.0 Å². The van der Waals surface area contributed by atoms with Crippen molar-refractivity contribution in [1.29, 1.82) is 0 Å². The molecule has 2 unspecified atom stereocenters. The molecule has 3 rings (SSSR count). The van der Waals surface area contributed by atoms with E-state index in [1.54, 1.807) is 0 Å². The summed E-state index contributed by atoms with van der Waals surface area (Å²) in [7, 11) is 0. The van der Waals surface area contributed by atoms with E-state index in [0.29, 0.717) is 25.8 Å². The monoisotopic (exact) mass is 461 g/mol. The van der Waals surface area contributed by atoms with Gasteiger partial charge in [0.1, 0.15) is 11.6 Å². The molecule has 2 aliphatic heterocycles. The maximum atomic E-state index is 13.1. The number of carbonyl (C=O) groups excluding carboxylic acids is 2. The van der Waals surface area contributed by atoms with E-state index in [4.69, 9.17) is 4.74 Å². The van der Waals surface area contributed by atoms with Crippen molar-refractivity contribution in [1.82, 2.24) is 15.1 Å². The number of hydrogen-bond donors (Lipinski definition) is 1. The standard InChI is InChI=1S/C26H40FN3O3/c1-26(2,3)24(31)5-4-6-25(32)28-17-22-11-12-23(33-22)19-30-15-13-29(14-16-30)18-20-7-9-21(27)10-8-20/h7-10,22-23H,4-6,11-19H2,1-3H3,(H,28,32). The molecular weight excluding hydrogens is 421 g/mol. The van der Waals surface area contributed by atoms with E-state index in [2.05, 4.69) is 15.1 Å². The average Bonchev–Trinajstić information content (AvgIpc) is 3.22. The van der Waals surface area contributed by atoms with Crippen molar-refractivity contribution >= 4 is 11.7 Å². The summed E-state index contributed by atoms with van der Waals surface area (Å²) in [6.45, 7) is 12.1. The van der Waals surface area contributed by atoms with E-state index in [0.717, 1.165) is 57.7 Å². The van der Waals surface area contributed by atoms with Crippen molar-refractivity contribution in [3.8, 4) is 0 Å². The lowest BCUT2D eigenvalue weighted by Crippen LogP contribution is -2.48. The Kier molecular flexibility index (Phi) is 9.41. The summed E-state index contributed by atoms with van der Waals surface area (Å²) in [6.07, 6.45) is 3.74. The van der Waals surface area contributed by atoms with Crippen molar-refractivity contribution in [2.24, 2.45) is 5.41 Å². The molecule has 6 nitrogen and oxygen atoms in total. The Bertz CT molecular complexity index is 770. The lowest BCUT2D eigenvalue weighted by atomic mass is 9.88. The van der Waals surface area contributed by atoms with E-state index in [-0.39, 0.29) is 35.1 Å². The molecule has 2 atom stereocenters. The summed E-state index contributed by atoms with van der Waals surface area (Å²) in [6, 6.07) is 6.77. The molecule has 1 aromatic carbocycles. The highest BCUT2D eigenvalue weighted by atomic mass is 19.1. The number of hydrogen-bond acceptors (Lipinski definition) is 5. The number of rotatable bonds is 10. The molecule has 0 aliphatic carbocycles. The molecular formula is C26H40FN3O3. The number of benzene rings is 1. The van der Waals surface area contributed by atoms with Crippen LogP contribution < -0.4 is 5.32 Å². The van der Waals surface area contributed by atoms with Crippen LogP contribution in [0.1, 0.15) is 58.4 Å². The van der Waals surface area contributed by atoms with Gasteiger partial charge in [0, 0.05) is 64.1 Å². The van der Waals surface area contributed by atoms with Gasteiger partial charge in [0.2, 0.25) is 5.91 Å². The predicted molar refractivity (Wildman–Crippen MR) is 127 cm³/mol. The van der Waals surface area contributed by atoms with Gasteiger partial charge in [-0.05, 0) is 37.0 Å². The number of nitrogens with one attached hydrogen (secondary N) is 1. The van der Waals surface area contributed by atoms with Crippen molar-refractivity contribution in [2.45, 2.75) is 71.6 Å². The number of carbonyl (C=O) groups is 2. The maximum absolute atomic E-state index is 13.1. The van der Waals surface area contributed by atoms with Crippen LogP contribution in [0.25, 0.3) is 0 Å². The Labute approximate surface area is 197 Å². The van der Waals surface area contributed by atoms with Gasteiger partial charge in [0.25, 0.3) is 0 Å². The Morgan fingerprint density at radius 2 is 1.64 bits per heavy atom. The molecule has 0 bridgehead atoms. The van der Waals surface area contributed by atoms with E-state index in [1.807, 2.05) is 32.9 Å². The van der Waals surface area contributed by atoms with E-state index in [1.165, 1.54) is 12.1 Å². The molecule has 1 amide bonds. The van der Waals surface area contributed by atoms with Crippen LogP contribution in [0.5, 0.6) is 0 Å². The van der Waals surface area contributed by atoms with Gasteiger partial charge >= 0.3 is 0 Å². The smallest absolute Gasteiger partial charge is 0.220 e. The minimum atomic E-state index is -0.335. The molecule has 7 heteroatoms. The minimum absolute atomic E-state index is 0.000959. The fourth-order valence-corrected chi connectivity index (χ4v) is 4.43. The normalized spacial score (nSPS) is 22.4. The van der Waals surface area contributed by atoms with Crippen LogP contribution in [0, 0.1) is 11.2 Å². The fourth-order valence-electron chi connectivity index (χ4n) is 4.43. The molecule has 33 heavy (non-hydrogen) atoms. The van der Waals surface area contributed by atoms with Crippen molar-refractivity contribution in [3.63, 3.8) is 0 Å². The van der Waals surface area contributed by atoms with Crippen molar-refractivity contribution < 1.29 is 18.7 Å². The molecule has 2 aliphatic rings.